The summed E-state index contributed by atoms with van der Waals surface area (Å²) < 4.78 is 0. The lowest BCUT2D eigenvalue weighted by molar-refractivity contribution is -0.127. The van der Waals surface area contributed by atoms with E-state index in [1.807, 2.05) is 11.0 Å². The van der Waals surface area contributed by atoms with E-state index in [9.17, 15) is 14.4 Å². The summed E-state index contributed by atoms with van der Waals surface area (Å²) in [5, 5.41) is 3.78. The molecule has 0 aliphatic carbocycles. The van der Waals surface area contributed by atoms with Crippen molar-refractivity contribution >= 4 is 28.5 Å². The summed E-state index contributed by atoms with van der Waals surface area (Å²) in [6.45, 7) is 3.55. The van der Waals surface area contributed by atoms with Gasteiger partial charge in [0.2, 0.25) is 5.91 Å². The van der Waals surface area contributed by atoms with Crippen molar-refractivity contribution in [2.45, 2.75) is 26.2 Å². The molecule has 6 heteroatoms. The van der Waals surface area contributed by atoms with Crippen LogP contribution < -0.4 is 5.32 Å². The smallest absolute Gasteiger partial charge is 0.251 e. The summed E-state index contributed by atoms with van der Waals surface area (Å²) >= 11 is 0. The minimum absolute atomic E-state index is 0.0336. The predicted molar refractivity (Wildman–Crippen MR) is 91.1 cm³/mol. The monoisotopic (exact) mass is 327 g/mol. The second kappa shape index (κ2) is 6.86. The van der Waals surface area contributed by atoms with E-state index in [1.54, 1.807) is 18.2 Å². The summed E-state index contributed by atoms with van der Waals surface area (Å²) in [5.74, 6) is 0.0251. The molecular weight excluding hydrogens is 306 g/mol. The highest BCUT2D eigenvalue weighted by Crippen LogP contribution is 2.17. The van der Waals surface area contributed by atoms with Crippen LogP contribution in [-0.2, 0) is 4.79 Å². The van der Waals surface area contributed by atoms with Crippen LogP contribution in [0.5, 0.6) is 0 Å². The molecule has 2 amide bonds. The number of likely N-dealkylation sites (tertiary alicyclic amines) is 1. The standard InChI is InChI=1S/C18H21N3O3/c1-12(22)15-10-13-5-6-14(11-16(13)20-15)18(24)19-7-3-9-21-8-2-4-17(21)23/h5-6,10-11,20H,2-4,7-9H2,1H3,(H,19,24). The number of benzene rings is 1. The van der Waals surface area contributed by atoms with Gasteiger partial charge in [0.05, 0.1) is 5.69 Å². The largest absolute Gasteiger partial charge is 0.352 e. The highest BCUT2D eigenvalue weighted by Gasteiger charge is 2.19. The fraction of sp³-hybridized carbons (Fsp3) is 0.389. The number of fused-ring (bicyclic) bond motifs is 1. The first-order chi connectivity index (χ1) is 11.5. The molecule has 1 aliphatic heterocycles. The first-order valence-electron chi connectivity index (χ1n) is 8.24. The summed E-state index contributed by atoms with van der Waals surface area (Å²) in [5.41, 5.74) is 1.87. The van der Waals surface area contributed by atoms with Gasteiger partial charge in [-0.2, -0.15) is 0 Å². The maximum absolute atomic E-state index is 12.2. The van der Waals surface area contributed by atoms with Crippen LogP contribution in [0.2, 0.25) is 0 Å². The van der Waals surface area contributed by atoms with Crippen molar-refractivity contribution in [3.8, 4) is 0 Å². The Morgan fingerprint density at radius 3 is 2.83 bits per heavy atom. The molecule has 2 N–H and O–H groups in total. The fourth-order valence-electron chi connectivity index (χ4n) is 2.97. The molecule has 126 valence electrons. The van der Waals surface area contributed by atoms with E-state index >= 15 is 0 Å². The van der Waals surface area contributed by atoms with Gasteiger partial charge in [-0.1, -0.05) is 6.07 Å². The molecule has 0 saturated carbocycles. The van der Waals surface area contributed by atoms with Crippen molar-refractivity contribution in [2.24, 2.45) is 0 Å². The van der Waals surface area contributed by atoms with E-state index in [-0.39, 0.29) is 17.6 Å². The first kappa shape index (κ1) is 16.2. The molecule has 1 aliphatic rings. The van der Waals surface area contributed by atoms with Crippen molar-refractivity contribution in [3.05, 3.63) is 35.5 Å². The van der Waals surface area contributed by atoms with Gasteiger partial charge in [-0.3, -0.25) is 14.4 Å². The Labute approximate surface area is 140 Å². The van der Waals surface area contributed by atoms with E-state index < -0.39 is 0 Å². The average Bonchev–Trinajstić information content (AvgIpc) is 3.16. The maximum atomic E-state index is 12.2. The lowest BCUT2D eigenvalue weighted by atomic mass is 10.1. The second-order valence-electron chi connectivity index (χ2n) is 6.14. The molecule has 0 radical (unpaired) electrons. The van der Waals surface area contributed by atoms with Gasteiger partial charge in [-0.25, -0.2) is 0 Å². The average molecular weight is 327 g/mol. The van der Waals surface area contributed by atoms with Crippen molar-refractivity contribution in [3.63, 3.8) is 0 Å². The molecule has 1 aromatic carbocycles. The summed E-state index contributed by atoms with van der Waals surface area (Å²) in [6.07, 6.45) is 2.32. The molecular formula is C18H21N3O3. The van der Waals surface area contributed by atoms with Crippen LogP contribution in [0.1, 0.15) is 47.0 Å². The van der Waals surface area contributed by atoms with Gasteiger partial charge < -0.3 is 15.2 Å². The Hall–Kier alpha value is -2.63. The number of amides is 2. The number of ketones is 1. The van der Waals surface area contributed by atoms with Crippen LogP contribution >= 0.6 is 0 Å². The molecule has 1 aromatic heterocycles. The zero-order valence-corrected chi connectivity index (χ0v) is 13.7. The second-order valence-corrected chi connectivity index (χ2v) is 6.14. The lowest BCUT2D eigenvalue weighted by Gasteiger charge is -2.15. The molecule has 1 saturated heterocycles. The molecule has 0 unspecified atom stereocenters. The highest BCUT2D eigenvalue weighted by atomic mass is 16.2. The Balaban J connectivity index is 1.55. The number of rotatable bonds is 6. The van der Waals surface area contributed by atoms with E-state index in [0.717, 1.165) is 30.3 Å². The van der Waals surface area contributed by atoms with Gasteiger partial charge in [0.1, 0.15) is 0 Å². The van der Waals surface area contributed by atoms with Crippen LogP contribution in [-0.4, -0.2) is 47.1 Å². The minimum atomic E-state index is -0.149. The van der Waals surface area contributed by atoms with Crippen molar-refractivity contribution in [1.29, 1.82) is 0 Å². The zero-order valence-electron chi connectivity index (χ0n) is 13.7. The molecule has 0 spiro atoms. The van der Waals surface area contributed by atoms with E-state index in [2.05, 4.69) is 10.3 Å². The highest BCUT2D eigenvalue weighted by molar-refractivity contribution is 6.01. The molecule has 1 fully saturated rings. The SMILES string of the molecule is CC(=O)c1cc2ccc(C(=O)NCCCN3CCCC3=O)cc2[nH]1. The summed E-state index contributed by atoms with van der Waals surface area (Å²) in [4.78, 5) is 40.0. The summed E-state index contributed by atoms with van der Waals surface area (Å²) in [6, 6.07) is 7.11. The normalized spacial score (nSPS) is 14.4. The Morgan fingerprint density at radius 1 is 1.29 bits per heavy atom. The molecule has 3 rings (SSSR count). The number of carbonyl (C=O) groups is 3. The number of carbonyl (C=O) groups excluding carboxylic acids is 3. The van der Waals surface area contributed by atoms with E-state index in [4.69, 9.17) is 0 Å². The van der Waals surface area contributed by atoms with Crippen LogP contribution in [0.25, 0.3) is 10.9 Å². The molecule has 0 bridgehead atoms. The summed E-state index contributed by atoms with van der Waals surface area (Å²) in [7, 11) is 0. The molecule has 2 heterocycles. The number of nitrogens with one attached hydrogen (secondary N) is 2. The number of H-pyrrole nitrogens is 1. The van der Waals surface area contributed by atoms with Crippen LogP contribution in [0.4, 0.5) is 0 Å². The molecule has 6 nitrogen and oxygen atoms in total. The number of hydrogen-bond acceptors (Lipinski definition) is 3. The maximum Gasteiger partial charge on any atom is 0.251 e. The topological polar surface area (TPSA) is 82.3 Å². The predicted octanol–water partition coefficient (Wildman–Crippen LogP) is 2.11. The number of hydrogen-bond donors (Lipinski definition) is 2. The third kappa shape index (κ3) is 3.48. The third-order valence-electron chi connectivity index (χ3n) is 4.33. The van der Waals surface area contributed by atoms with Crippen LogP contribution in [0, 0.1) is 0 Å². The Morgan fingerprint density at radius 2 is 2.12 bits per heavy atom. The zero-order chi connectivity index (χ0) is 17.1. The lowest BCUT2D eigenvalue weighted by Crippen LogP contribution is -2.30. The quantitative estimate of drug-likeness (QED) is 0.630. The number of aromatic nitrogens is 1. The molecule has 2 aromatic rings. The van der Waals surface area contributed by atoms with Crippen molar-refractivity contribution in [2.75, 3.05) is 19.6 Å². The van der Waals surface area contributed by atoms with Crippen molar-refractivity contribution in [1.82, 2.24) is 15.2 Å². The van der Waals surface area contributed by atoms with E-state index in [1.165, 1.54) is 6.92 Å². The Kier molecular flexibility index (Phi) is 4.64. The van der Waals surface area contributed by atoms with Gasteiger partial charge in [-0.05, 0) is 31.0 Å². The number of aromatic amines is 1. The van der Waals surface area contributed by atoms with Crippen LogP contribution in [0.3, 0.4) is 0 Å². The van der Waals surface area contributed by atoms with E-state index in [0.29, 0.717) is 30.8 Å². The van der Waals surface area contributed by atoms with Gasteiger partial charge in [0, 0.05) is 49.4 Å². The molecule has 24 heavy (non-hydrogen) atoms. The van der Waals surface area contributed by atoms with Gasteiger partial charge in [-0.15, -0.1) is 0 Å². The van der Waals surface area contributed by atoms with Gasteiger partial charge in [0.25, 0.3) is 5.91 Å². The van der Waals surface area contributed by atoms with Gasteiger partial charge in [0.15, 0.2) is 5.78 Å². The Bertz CT molecular complexity index is 794. The number of nitrogens with zero attached hydrogens (tertiary/aromatic N) is 1. The fourth-order valence-corrected chi connectivity index (χ4v) is 2.97. The first-order valence-corrected chi connectivity index (χ1v) is 8.24. The number of Topliss-reactive ketones (excluding diaryl/α,β-unsaturated/α-hetero) is 1. The minimum Gasteiger partial charge on any atom is -0.352 e. The third-order valence-corrected chi connectivity index (χ3v) is 4.33. The van der Waals surface area contributed by atoms with Gasteiger partial charge >= 0.3 is 0 Å². The van der Waals surface area contributed by atoms with Crippen LogP contribution in [0.15, 0.2) is 24.3 Å². The molecule has 0 atom stereocenters. The van der Waals surface area contributed by atoms with Crippen molar-refractivity contribution < 1.29 is 14.4 Å².